The van der Waals surface area contributed by atoms with Gasteiger partial charge in [0.1, 0.15) is 17.8 Å². The lowest BCUT2D eigenvalue weighted by molar-refractivity contribution is 0.102. The molecule has 1 heterocycles. The normalized spacial score (nSPS) is 10.3. The van der Waals surface area contributed by atoms with E-state index in [1.165, 1.54) is 6.33 Å². The molecule has 0 radical (unpaired) electrons. The van der Waals surface area contributed by atoms with Crippen LogP contribution in [-0.2, 0) is 0 Å². The highest BCUT2D eigenvalue weighted by atomic mass is 35.5. The van der Waals surface area contributed by atoms with Gasteiger partial charge in [-0.15, -0.1) is 0 Å². The van der Waals surface area contributed by atoms with Crippen molar-refractivity contribution >= 4 is 29.0 Å². The summed E-state index contributed by atoms with van der Waals surface area (Å²) >= 11 is 5.91. The van der Waals surface area contributed by atoms with E-state index >= 15 is 0 Å². The van der Waals surface area contributed by atoms with Crippen molar-refractivity contribution in [2.45, 2.75) is 26.7 Å². The lowest BCUT2D eigenvalue weighted by Gasteiger charge is -2.09. The van der Waals surface area contributed by atoms with Crippen molar-refractivity contribution in [3.8, 4) is 0 Å². The number of hydrogen-bond acceptors (Lipinski definition) is 4. The Bertz CT molecular complexity index is 660. The first kappa shape index (κ1) is 16.2. The number of rotatable bonds is 6. The van der Waals surface area contributed by atoms with Gasteiger partial charge in [0.25, 0.3) is 5.91 Å². The van der Waals surface area contributed by atoms with Crippen LogP contribution < -0.4 is 10.6 Å². The third kappa shape index (κ3) is 4.43. The van der Waals surface area contributed by atoms with Gasteiger partial charge in [-0.05, 0) is 37.1 Å². The monoisotopic (exact) mass is 318 g/mol. The highest BCUT2D eigenvalue weighted by molar-refractivity contribution is 6.30. The predicted octanol–water partition coefficient (Wildman–Crippen LogP) is 3.90. The molecule has 0 aliphatic rings. The molecule has 0 bridgehead atoms. The van der Waals surface area contributed by atoms with Crippen LogP contribution in [0.1, 0.15) is 35.8 Å². The number of carbonyl (C=O) groups is 1. The van der Waals surface area contributed by atoms with Gasteiger partial charge in [0.2, 0.25) is 0 Å². The van der Waals surface area contributed by atoms with E-state index in [-0.39, 0.29) is 5.91 Å². The van der Waals surface area contributed by atoms with Crippen LogP contribution in [0.4, 0.5) is 11.5 Å². The molecule has 2 N–H and O–H groups in total. The molecule has 5 nitrogen and oxygen atoms in total. The Morgan fingerprint density at radius 2 is 2.09 bits per heavy atom. The molecule has 0 atom stereocenters. The second-order valence-electron chi connectivity index (χ2n) is 4.98. The molecule has 22 heavy (non-hydrogen) atoms. The molecule has 0 unspecified atom stereocenters. The maximum atomic E-state index is 12.3. The number of hydrogen-bond donors (Lipinski definition) is 2. The molecule has 6 heteroatoms. The third-order valence-corrected chi connectivity index (χ3v) is 3.41. The van der Waals surface area contributed by atoms with E-state index in [1.807, 2.05) is 6.92 Å². The third-order valence-electron chi connectivity index (χ3n) is 3.17. The number of nitrogens with one attached hydrogen (secondary N) is 2. The van der Waals surface area contributed by atoms with Crippen molar-refractivity contribution in [2.75, 3.05) is 17.2 Å². The first-order chi connectivity index (χ1) is 10.6. The van der Waals surface area contributed by atoms with Crippen molar-refractivity contribution in [3.63, 3.8) is 0 Å². The van der Waals surface area contributed by atoms with Gasteiger partial charge < -0.3 is 10.6 Å². The van der Waals surface area contributed by atoms with Crippen LogP contribution in [0.15, 0.2) is 30.6 Å². The second-order valence-corrected chi connectivity index (χ2v) is 5.42. The number of aryl methyl sites for hydroxylation is 1. The molecule has 0 saturated carbocycles. The Labute approximate surface area is 135 Å². The Morgan fingerprint density at radius 3 is 2.82 bits per heavy atom. The fourth-order valence-electron chi connectivity index (χ4n) is 1.93. The van der Waals surface area contributed by atoms with E-state index < -0.39 is 0 Å². The number of carbonyl (C=O) groups excluding carboxylic acids is 1. The molecule has 1 aromatic heterocycles. The van der Waals surface area contributed by atoms with E-state index in [0.717, 1.165) is 24.9 Å². The van der Waals surface area contributed by atoms with Crippen molar-refractivity contribution in [1.29, 1.82) is 0 Å². The van der Waals surface area contributed by atoms with Crippen LogP contribution in [0.2, 0.25) is 5.02 Å². The lowest BCUT2D eigenvalue weighted by atomic mass is 10.2. The average molecular weight is 319 g/mol. The molecule has 0 aliphatic carbocycles. The topological polar surface area (TPSA) is 66.9 Å². The van der Waals surface area contributed by atoms with Gasteiger partial charge in [-0.3, -0.25) is 4.79 Å². The van der Waals surface area contributed by atoms with Crippen LogP contribution >= 0.6 is 11.6 Å². The van der Waals surface area contributed by atoms with E-state index in [4.69, 9.17) is 11.6 Å². The van der Waals surface area contributed by atoms with Crippen LogP contribution in [0.5, 0.6) is 0 Å². The van der Waals surface area contributed by atoms with Crippen LogP contribution in [0, 0.1) is 6.92 Å². The Hall–Kier alpha value is -2.14. The van der Waals surface area contributed by atoms with Gasteiger partial charge in [-0.25, -0.2) is 9.97 Å². The summed E-state index contributed by atoms with van der Waals surface area (Å²) in [7, 11) is 0. The summed E-state index contributed by atoms with van der Waals surface area (Å²) in [5.74, 6) is 0.382. The van der Waals surface area contributed by atoms with Gasteiger partial charge in [-0.1, -0.05) is 24.9 Å². The first-order valence-corrected chi connectivity index (χ1v) is 7.61. The number of nitrogens with zero attached hydrogens (tertiary/aromatic N) is 2. The number of amides is 1. The minimum atomic E-state index is -0.272. The summed E-state index contributed by atoms with van der Waals surface area (Å²) in [5.41, 5.74) is 1.94. The van der Waals surface area contributed by atoms with Crippen LogP contribution in [0.25, 0.3) is 0 Å². The zero-order valence-corrected chi connectivity index (χ0v) is 13.4. The minimum Gasteiger partial charge on any atom is -0.370 e. The van der Waals surface area contributed by atoms with Crippen LogP contribution in [0.3, 0.4) is 0 Å². The molecule has 116 valence electrons. The fraction of sp³-hybridized carbons (Fsp3) is 0.312. The van der Waals surface area contributed by atoms with Gasteiger partial charge in [0.15, 0.2) is 0 Å². The maximum absolute atomic E-state index is 12.3. The number of benzene rings is 1. The highest BCUT2D eigenvalue weighted by Gasteiger charge is 2.10. The second kappa shape index (κ2) is 7.75. The molecular weight excluding hydrogens is 300 g/mol. The van der Waals surface area contributed by atoms with Crippen molar-refractivity contribution in [1.82, 2.24) is 9.97 Å². The van der Waals surface area contributed by atoms with Gasteiger partial charge in [0.05, 0.1) is 0 Å². The fourth-order valence-corrected chi connectivity index (χ4v) is 2.15. The lowest BCUT2D eigenvalue weighted by Crippen LogP contribution is -2.15. The predicted molar refractivity (Wildman–Crippen MR) is 89.6 cm³/mol. The molecule has 0 saturated heterocycles. The van der Waals surface area contributed by atoms with Crippen LogP contribution in [-0.4, -0.2) is 22.4 Å². The van der Waals surface area contributed by atoms with Gasteiger partial charge in [0, 0.05) is 23.3 Å². The summed E-state index contributed by atoms with van der Waals surface area (Å²) in [6.07, 6.45) is 3.54. The summed E-state index contributed by atoms with van der Waals surface area (Å²) in [5, 5.41) is 6.65. The van der Waals surface area contributed by atoms with E-state index in [9.17, 15) is 4.79 Å². The van der Waals surface area contributed by atoms with Gasteiger partial charge >= 0.3 is 0 Å². The number of aromatic nitrogens is 2. The average Bonchev–Trinajstić information content (AvgIpc) is 2.50. The number of anilines is 2. The Kier molecular flexibility index (Phi) is 5.72. The smallest absolute Gasteiger partial charge is 0.274 e. The largest absolute Gasteiger partial charge is 0.370 e. The zero-order chi connectivity index (χ0) is 15.9. The van der Waals surface area contributed by atoms with E-state index in [1.54, 1.807) is 24.3 Å². The van der Waals surface area contributed by atoms with Crippen molar-refractivity contribution in [2.24, 2.45) is 0 Å². The molecular formula is C16H19ClN4O. The Morgan fingerprint density at radius 1 is 1.27 bits per heavy atom. The zero-order valence-electron chi connectivity index (χ0n) is 12.7. The SMILES string of the molecule is CCCCNc1cc(C(=O)Nc2ccc(Cl)cc2C)ncn1. The molecule has 0 aliphatic heterocycles. The minimum absolute atomic E-state index is 0.272. The number of halogens is 1. The van der Waals surface area contributed by atoms with E-state index in [2.05, 4.69) is 27.5 Å². The molecule has 0 fully saturated rings. The summed E-state index contributed by atoms with van der Waals surface area (Å²) < 4.78 is 0. The summed E-state index contributed by atoms with van der Waals surface area (Å²) in [6.45, 7) is 4.83. The molecule has 0 spiro atoms. The van der Waals surface area contributed by atoms with Gasteiger partial charge in [-0.2, -0.15) is 0 Å². The highest BCUT2D eigenvalue weighted by Crippen LogP contribution is 2.20. The standard InChI is InChI=1S/C16H19ClN4O/c1-3-4-7-18-15-9-14(19-10-20-15)16(22)21-13-6-5-12(17)8-11(13)2/h5-6,8-10H,3-4,7H2,1-2H3,(H,21,22)(H,18,19,20). The molecule has 2 aromatic rings. The number of unbranched alkanes of at least 4 members (excludes halogenated alkanes) is 1. The Balaban J connectivity index is 2.07. The first-order valence-electron chi connectivity index (χ1n) is 7.23. The van der Waals surface area contributed by atoms with Crippen molar-refractivity contribution in [3.05, 3.63) is 46.9 Å². The molecule has 1 aromatic carbocycles. The molecule has 1 amide bonds. The van der Waals surface area contributed by atoms with E-state index in [0.29, 0.717) is 22.2 Å². The quantitative estimate of drug-likeness (QED) is 0.793. The summed E-state index contributed by atoms with van der Waals surface area (Å²) in [6, 6.07) is 6.96. The summed E-state index contributed by atoms with van der Waals surface area (Å²) in [4.78, 5) is 20.4. The molecule has 2 rings (SSSR count). The maximum Gasteiger partial charge on any atom is 0.274 e. The van der Waals surface area contributed by atoms with Crippen molar-refractivity contribution < 1.29 is 4.79 Å².